The lowest BCUT2D eigenvalue weighted by molar-refractivity contribution is 0.0214. The predicted molar refractivity (Wildman–Crippen MR) is 114 cm³/mol. The zero-order chi connectivity index (χ0) is 22.7. The highest BCUT2D eigenvalue weighted by atomic mass is 32.2. The number of fused-ring (bicyclic) bond motifs is 2. The van der Waals surface area contributed by atoms with Crippen LogP contribution in [0.1, 0.15) is 38.6 Å². The molecular weight excluding hydrogens is 420 g/mol. The number of aromatic nitrogens is 4. The van der Waals surface area contributed by atoms with E-state index in [9.17, 15) is 13.2 Å². The van der Waals surface area contributed by atoms with Crippen LogP contribution in [0, 0.1) is 13.8 Å². The Balaban J connectivity index is 1.65. The topological polar surface area (TPSA) is 111 Å². The van der Waals surface area contributed by atoms with Crippen molar-refractivity contribution in [3.05, 3.63) is 23.5 Å². The first-order valence-corrected chi connectivity index (χ1v) is 12.1. The molecule has 31 heavy (non-hydrogen) atoms. The van der Waals surface area contributed by atoms with Gasteiger partial charge in [-0.05, 0) is 47.1 Å². The summed E-state index contributed by atoms with van der Waals surface area (Å²) in [4.78, 5) is 24.9. The summed E-state index contributed by atoms with van der Waals surface area (Å²) >= 11 is 0. The molecule has 10 nitrogen and oxygen atoms in total. The van der Waals surface area contributed by atoms with Gasteiger partial charge >= 0.3 is 6.09 Å². The molecule has 0 spiro atoms. The van der Waals surface area contributed by atoms with Crippen molar-refractivity contribution in [2.24, 2.45) is 0 Å². The average Bonchev–Trinajstić information content (AvgIpc) is 3.32. The fraction of sp³-hybridized carbons (Fsp3) is 0.600. The number of aryl methyl sites for hydroxylation is 2. The molecule has 0 aromatic carbocycles. The Kier molecular flexibility index (Phi) is 4.99. The van der Waals surface area contributed by atoms with E-state index in [4.69, 9.17) is 4.74 Å². The molecule has 2 atom stereocenters. The second-order valence-corrected chi connectivity index (χ2v) is 11.2. The number of nitrogens with zero attached hydrogens (tertiary/aromatic N) is 6. The molecule has 2 aromatic rings. The number of ether oxygens (including phenoxy) is 1. The maximum Gasteiger partial charge on any atom is 0.410 e. The maximum absolute atomic E-state index is 12.5. The van der Waals surface area contributed by atoms with Crippen LogP contribution in [0.15, 0.2) is 17.3 Å². The standard InChI is InChI=1S/C20H28N6O4S/c1-12-7-13(2)26(23-12)17-9-16(21-18(22-17)31(6,28)29)24-10-15-8-14(24)11-25(15)19(27)30-20(3,4)5/h7,9,14-15H,8,10-11H2,1-6H3/t14-,15-/m1/s1. The Morgan fingerprint density at radius 3 is 2.29 bits per heavy atom. The van der Waals surface area contributed by atoms with E-state index in [1.165, 1.54) is 0 Å². The third-order valence-electron chi connectivity index (χ3n) is 5.40. The normalized spacial score (nSPS) is 21.1. The van der Waals surface area contributed by atoms with Crippen molar-refractivity contribution in [1.29, 1.82) is 0 Å². The fourth-order valence-electron chi connectivity index (χ4n) is 4.18. The van der Waals surface area contributed by atoms with Crippen LogP contribution < -0.4 is 4.90 Å². The van der Waals surface area contributed by atoms with E-state index in [-0.39, 0.29) is 23.3 Å². The number of sulfone groups is 1. The molecule has 1 amide bonds. The molecule has 0 unspecified atom stereocenters. The van der Waals surface area contributed by atoms with Gasteiger partial charge in [0.1, 0.15) is 11.4 Å². The number of amides is 1. The van der Waals surface area contributed by atoms with Crippen LogP contribution >= 0.6 is 0 Å². The number of carbonyl (C=O) groups excluding carboxylic acids is 1. The van der Waals surface area contributed by atoms with Crippen molar-refractivity contribution < 1.29 is 17.9 Å². The van der Waals surface area contributed by atoms with Crippen molar-refractivity contribution >= 4 is 21.7 Å². The van der Waals surface area contributed by atoms with E-state index in [0.717, 1.165) is 24.1 Å². The molecule has 2 aromatic heterocycles. The van der Waals surface area contributed by atoms with Crippen LogP contribution in [0.5, 0.6) is 0 Å². The highest BCUT2D eigenvalue weighted by Crippen LogP contribution is 2.35. The maximum atomic E-state index is 12.5. The number of hydrogen-bond donors (Lipinski definition) is 0. The summed E-state index contributed by atoms with van der Waals surface area (Å²) in [5, 5.41) is 4.20. The highest BCUT2D eigenvalue weighted by Gasteiger charge is 2.47. The molecule has 11 heteroatoms. The second kappa shape index (κ2) is 7.18. The summed E-state index contributed by atoms with van der Waals surface area (Å²) < 4.78 is 31.7. The molecule has 168 valence electrons. The zero-order valence-corrected chi connectivity index (χ0v) is 19.5. The first-order valence-electron chi connectivity index (χ1n) is 10.2. The summed E-state index contributed by atoms with van der Waals surface area (Å²) in [6.45, 7) is 10.4. The van der Waals surface area contributed by atoms with Gasteiger partial charge in [0, 0.05) is 31.1 Å². The Hall–Kier alpha value is -2.69. The lowest BCUT2D eigenvalue weighted by atomic mass is 10.2. The minimum Gasteiger partial charge on any atom is -0.444 e. The fourth-order valence-corrected chi connectivity index (χ4v) is 4.69. The van der Waals surface area contributed by atoms with Gasteiger partial charge in [-0.25, -0.2) is 22.9 Å². The van der Waals surface area contributed by atoms with Gasteiger partial charge in [-0.1, -0.05) is 0 Å². The molecule has 2 fully saturated rings. The smallest absolute Gasteiger partial charge is 0.410 e. The van der Waals surface area contributed by atoms with E-state index >= 15 is 0 Å². The lowest BCUT2D eigenvalue weighted by Crippen LogP contribution is -2.50. The van der Waals surface area contributed by atoms with Gasteiger partial charge in [-0.3, -0.25) is 0 Å². The molecule has 4 heterocycles. The van der Waals surface area contributed by atoms with Gasteiger partial charge in [0.05, 0.1) is 17.8 Å². The van der Waals surface area contributed by atoms with Crippen LogP contribution in [-0.4, -0.2) is 76.2 Å². The molecule has 0 N–H and O–H groups in total. The molecule has 0 aliphatic carbocycles. The van der Waals surface area contributed by atoms with Gasteiger partial charge in [0.25, 0.3) is 5.16 Å². The van der Waals surface area contributed by atoms with Crippen molar-refractivity contribution in [3.8, 4) is 5.82 Å². The number of piperazine rings is 1. The number of likely N-dealkylation sites (tertiary alicyclic amines) is 1. The SMILES string of the molecule is Cc1cc(C)n(-c2cc(N3C[C@H]4C[C@@H]3CN4C(=O)OC(C)(C)C)nc(S(C)(=O)=O)n2)n1. The van der Waals surface area contributed by atoms with E-state index < -0.39 is 15.4 Å². The lowest BCUT2D eigenvalue weighted by Gasteiger charge is -2.35. The van der Waals surface area contributed by atoms with Crippen molar-refractivity contribution in [3.63, 3.8) is 0 Å². The van der Waals surface area contributed by atoms with Crippen molar-refractivity contribution in [2.45, 2.75) is 63.9 Å². The Labute approximate surface area is 182 Å². The minimum atomic E-state index is -3.62. The molecule has 0 radical (unpaired) electrons. The van der Waals surface area contributed by atoms with Crippen LogP contribution in [0.4, 0.5) is 10.6 Å². The third-order valence-corrected chi connectivity index (χ3v) is 6.25. The first-order chi connectivity index (χ1) is 14.3. The number of rotatable bonds is 3. The second-order valence-electron chi connectivity index (χ2n) is 9.31. The Bertz CT molecular complexity index is 1140. The molecule has 2 aliphatic rings. The summed E-state index contributed by atoms with van der Waals surface area (Å²) in [6, 6.07) is 3.69. The van der Waals surface area contributed by atoms with Gasteiger partial charge < -0.3 is 14.5 Å². The number of anilines is 1. The van der Waals surface area contributed by atoms with Crippen LogP contribution in [0.3, 0.4) is 0 Å². The molecular formula is C20H28N6O4S. The third kappa shape index (κ3) is 4.23. The van der Waals surface area contributed by atoms with E-state index in [2.05, 4.69) is 20.0 Å². The number of carbonyl (C=O) groups is 1. The van der Waals surface area contributed by atoms with Crippen LogP contribution in [0.25, 0.3) is 5.82 Å². The van der Waals surface area contributed by atoms with Gasteiger partial charge in [-0.15, -0.1) is 0 Å². The van der Waals surface area contributed by atoms with Crippen molar-refractivity contribution in [1.82, 2.24) is 24.6 Å². The summed E-state index contributed by atoms with van der Waals surface area (Å²) in [7, 11) is -3.62. The Morgan fingerprint density at radius 2 is 1.77 bits per heavy atom. The summed E-state index contributed by atoms with van der Waals surface area (Å²) in [6.07, 6.45) is 1.56. The summed E-state index contributed by atoms with van der Waals surface area (Å²) in [5.74, 6) is 0.928. The predicted octanol–water partition coefficient (Wildman–Crippen LogP) is 1.88. The minimum absolute atomic E-state index is 0.00590. The van der Waals surface area contributed by atoms with E-state index in [1.54, 1.807) is 15.6 Å². The van der Waals surface area contributed by atoms with E-state index in [1.807, 2.05) is 40.7 Å². The van der Waals surface area contributed by atoms with Gasteiger partial charge in [0.2, 0.25) is 9.84 Å². The van der Waals surface area contributed by atoms with Crippen LogP contribution in [-0.2, 0) is 14.6 Å². The molecule has 0 saturated carbocycles. The number of hydrogen-bond acceptors (Lipinski definition) is 8. The summed E-state index contributed by atoms with van der Waals surface area (Å²) in [5.41, 5.74) is 1.11. The van der Waals surface area contributed by atoms with Gasteiger partial charge in [-0.2, -0.15) is 10.1 Å². The molecule has 2 bridgehead atoms. The quantitative estimate of drug-likeness (QED) is 0.655. The van der Waals surface area contributed by atoms with Crippen LogP contribution in [0.2, 0.25) is 0 Å². The molecule has 2 aliphatic heterocycles. The Morgan fingerprint density at radius 1 is 1.10 bits per heavy atom. The van der Waals surface area contributed by atoms with Gasteiger partial charge in [0.15, 0.2) is 5.82 Å². The first kappa shape index (κ1) is 21.5. The highest BCUT2D eigenvalue weighted by molar-refractivity contribution is 7.90. The van der Waals surface area contributed by atoms with Crippen molar-refractivity contribution in [2.75, 3.05) is 24.2 Å². The van der Waals surface area contributed by atoms with E-state index in [0.29, 0.717) is 24.7 Å². The monoisotopic (exact) mass is 448 g/mol. The molecule has 4 rings (SSSR count). The largest absolute Gasteiger partial charge is 0.444 e. The zero-order valence-electron chi connectivity index (χ0n) is 18.7. The average molecular weight is 449 g/mol. The molecule has 2 saturated heterocycles.